The van der Waals surface area contributed by atoms with Gasteiger partial charge >= 0.3 is 0 Å². The van der Waals surface area contributed by atoms with Gasteiger partial charge in [-0.15, -0.1) is 6.58 Å². The molecule has 0 spiro atoms. The van der Waals surface area contributed by atoms with Crippen LogP contribution in [-0.2, 0) is 6.54 Å². The Morgan fingerprint density at radius 2 is 2.19 bits per heavy atom. The first kappa shape index (κ1) is 11.0. The molecule has 0 amide bonds. The fraction of sp³-hybridized carbons (Fsp3) is 0.385. The lowest BCUT2D eigenvalue weighted by Crippen LogP contribution is -2.22. The van der Waals surface area contributed by atoms with E-state index in [1.807, 2.05) is 18.2 Å². The third-order valence-corrected chi connectivity index (χ3v) is 2.68. The molecule has 1 aliphatic heterocycles. The number of nitrogens with zero attached hydrogens (tertiary/aromatic N) is 1. The van der Waals surface area contributed by atoms with Crippen molar-refractivity contribution in [1.29, 1.82) is 0 Å². The second-order valence-electron chi connectivity index (χ2n) is 3.80. The molecule has 0 bridgehead atoms. The highest BCUT2D eigenvalue weighted by Gasteiger charge is 2.13. The van der Waals surface area contributed by atoms with Crippen molar-refractivity contribution >= 4 is 0 Å². The molecule has 0 saturated carbocycles. The zero-order valence-corrected chi connectivity index (χ0v) is 9.61. The summed E-state index contributed by atoms with van der Waals surface area (Å²) in [6.07, 6.45) is 1.93. The Bertz CT molecular complexity index is 376. The number of benzene rings is 1. The van der Waals surface area contributed by atoms with E-state index in [4.69, 9.17) is 9.47 Å². The van der Waals surface area contributed by atoms with Crippen LogP contribution in [0.5, 0.6) is 11.5 Å². The zero-order valence-electron chi connectivity index (χ0n) is 9.61. The summed E-state index contributed by atoms with van der Waals surface area (Å²) in [5, 5.41) is 0. The van der Waals surface area contributed by atoms with Crippen LogP contribution in [-0.4, -0.2) is 24.8 Å². The lowest BCUT2D eigenvalue weighted by Gasteiger charge is -2.18. The molecule has 3 heteroatoms. The summed E-state index contributed by atoms with van der Waals surface area (Å²) >= 11 is 0. The zero-order chi connectivity index (χ0) is 11.4. The summed E-state index contributed by atoms with van der Waals surface area (Å²) in [6.45, 7) is 9.08. The maximum absolute atomic E-state index is 5.35. The van der Waals surface area contributed by atoms with E-state index in [1.165, 1.54) is 5.56 Å². The van der Waals surface area contributed by atoms with Crippen molar-refractivity contribution in [3.8, 4) is 11.5 Å². The molecule has 3 nitrogen and oxygen atoms in total. The Kier molecular flexibility index (Phi) is 3.47. The van der Waals surface area contributed by atoms with Crippen LogP contribution in [0.15, 0.2) is 30.9 Å². The van der Waals surface area contributed by atoms with E-state index in [0.717, 1.165) is 31.1 Å². The SMILES string of the molecule is C=CCN(CC)Cc1ccc2c(c1)OCO2. The van der Waals surface area contributed by atoms with E-state index in [0.29, 0.717) is 6.79 Å². The fourth-order valence-electron chi connectivity index (χ4n) is 1.79. The van der Waals surface area contributed by atoms with Crippen molar-refractivity contribution in [2.75, 3.05) is 19.9 Å². The van der Waals surface area contributed by atoms with E-state index in [1.54, 1.807) is 0 Å². The monoisotopic (exact) mass is 219 g/mol. The van der Waals surface area contributed by atoms with Gasteiger partial charge in [0.05, 0.1) is 0 Å². The van der Waals surface area contributed by atoms with E-state index < -0.39 is 0 Å². The number of fused-ring (bicyclic) bond motifs is 1. The van der Waals surface area contributed by atoms with Gasteiger partial charge in [0.15, 0.2) is 11.5 Å². The van der Waals surface area contributed by atoms with Crippen LogP contribution < -0.4 is 9.47 Å². The van der Waals surface area contributed by atoms with Crippen molar-refractivity contribution < 1.29 is 9.47 Å². The second-order valence-corrected chi connectivity index (χ2v) is 3.80. The van der Waals surface area contributed by atoms with Gasteiger partial charge in [0, 0.05) is 13.1 Å². The lowest BCUT2D eigenvalue weighted by atomic mass is 10.2. The van der Waals surface area contributed by atoms with Crippen LogP contribution in [0, 0.1) is 0 Å². The molecule has 16 heavy (non-hydrogen) atoms. The number of hydrogen-bond donors (Lipinski definition) is 0. The number of rotatable bonds is 5. The van der Waals surface area contributed by atoms with E-state index in [2.05, 4.69) is 24.5 Å². The maximum atomic E-state index is 5.35. The van der Waals surface area contributed by atoms with Gasteiger partial charge in [-0.05, 0) is 24.2 Å². The van der Waals surface area contributed by atoms with Crippen LogP contribution in [0.3, 0.4) is 0 Å². The summed E-state index contributed by atoms with van der Waals surface area (Å²) in [6, 6.07) is 6.10. The Morgan fingerprint density at radius 1 is 1.38 bits per heavy atom. The molecule has 0 radical (unpaired) electrons. The Hall–Kier alpha value is -1.48. The molecular formula is C13H17NO2. The fourth-order valence-corrected chi connectivity index (χ4v) is 1.79. The Morgan fingerprint density at radius 3 is 2.94 bits per heavy atom. The first-order valence-electron chi connectivity index (χ1n) is 5.55. The van der Waals surface area contributed by atoms with E-state index in [-0.39, 0.29) is 0 Å². The number of ether oxygens (including phenoxy) is 2. The van der Waals surface area contributed by atoms with Gasteiger partial charge in [-0.3, -0.25) is 4.90 Å². The van der Waals surface area contributed by atoms with Crippen molar-refractivity contribution in [1.82, 2.24) is 4.90 Å². The van der Waals surface area contributed by atoms with Crippen molar-refractivity contribution in [2.45, 2.75) is 13.5 Å². The molecule has 0 N–H and O–H groups in total. The molecule has 1 aliphatic rings. The van der Waals surface area contributed by atoms with Crippen LogP contribution in [0.4, 0.5) is 0 Å². The Labute approximate surface area is 96.3 Å². The van der Waals surface area contributed by atoms with Crippen LogP contribution in [0.1, 0.15) is 12.5 Å². The molecule has 1 heterocycles. The third-order valence-electron chi connectivity index (χ3n) is 2.68. The summed E-state index contributed by atoms with van der Waals surface area (Å²) in [5.74, 6) is 1.70. The van der Waals surface area contributed by atoms with Gasteiger partial charge in [0.1, 0.15) is 0 Å². The number of hydrogen-bond acceptors (Lipinski definition) is 3. The molecule has 86 valence electrons. The normalized spacial score (nSPS) is 13.1. The molecule has 0 fully saturated rings. The predicted molar refractivity (Wildman–Crippen MR) is 63.7 cm³/mol. The summed E-state index contributed by atoms with van der Waals surface area (Å²) in [5.41, 5.74) is 1.24. The molecule has 1 aromatic rings. The molecule has 0 aliphatic carbocycles. The van der Waals surface area contributed by atoms with Crippen molar-refractivity contribution in [2.24, 2.45) is 0 Å². The maximum Gasteiger partial charge on any atom is 0.231 e. The van der Waals surface area contributed by atoms with Crippen LogP contribution >= 0.6 is 0 Å². The molecular weight excluding hydrogens is 202 g/mol. The molecule has 2 rings (SSSR count). The minimum atomic E-state index is 0.336. The van der Waals surface area contributed by atoms with Crippen LogP contribution in [0.25, 0.3) is 0 Å². The highest BCUT2D eigenvalue weighted by molar-refractivity contribution is 5.44. The molecule has 0 atom stereocenters. The largest absolute Gasteiger partial charge is 0.454 e. The van der Waals surface area contributed by atoms with Gasteiger partial charge in [-0.2, -0.15) is 0 Å². The van der Waals surface area contributed by atoms with Gasteiger partial charge in [-0.25, -0.2) is 0 Å². The summed E-state index contributed by atoms with van der Waals surface area (Å²) in [7, 11) is 0. The quantitative estimate of drug-likeness (QED) is 0.710. The summed E-state index contributed by atoms with van der Waals surface area (Å²) < 4.78 is 10.6. The van der Waals surface area contributed by atoms with Crippen LogP contribution in [0.2, 0.25) is 0 Å². The molecule has 0 unspecified atom stereocenters. The average Bonchev–Trinajstić information content (AvgIpc) is 2.75. The average molecular weight is 219 g/mol. The van der Waals surface area contributed by atoms with Gasteiger partial charge < -0.3 is 9.47 Å². The molecule has 0 saturated heterocycles. The first-order chi connectivity index (χ1) is 7.83. The second kappa shape index (κ2) is 5.03. The standard InChI is InChI=1S/C13H17NO2/c1-3-7-14(4-2)9-11-5-6-12-13(8-11)16-10-15-12/h3,5-6,8H,1,4,7,9-10H2,2H3. The molecule has 0 aromatic heterocycles. The van der Waals surface area contributed by atoms with Gasteiger partial charge in [0.25, 0.3) is 0 Å². The smallest absolute Gasteiger partial charge is 0.231 e. The topological polar surface area (TPSA) is 21.7 Å². The van der Waals surface area contributed by atoms with Crippen molar-refractivity contribution in [3.05, 3.63) is 36.4 Å². The van der Waals surface area contributed by atoms with Gasteiger partial charge in [0.2, 0.25) is 6.79 Å². The summed E-state index contributed by atoms with van der Waals surface area (Å²) in [4.78, 5) is 2.31. The highest BCUT2D eigenvalue weighted by Crippen LogP contribution is 2.32. The van der Waals surface area contributed by atoms with Gasteiger partial charge in [-0.1, -0.05) is 19.1 Å². The predicted octanol–water partition coefficient (Wildman–Crippen LogP) is 2.42. The molecule has 1 aromatic carbocycles. The Balaban J connectivity index is 2.06. The lowest BCUT2D eigenvalue weighted by molar-refractivity contribution is 0.174. The van der Waals surface area contributed by atoms with E-state index >= 15 is 0 Å². The third kappa shape index (κ3) is 2.36. The first-order valence-corrected chi connectivity index (χ1v) is 5.55. The minimum absolute atomic E-state index is 0.336. The highest BCUT2D eigenvalue weighted by atomic mass is 16.7. The number of likely N-dealkylation sites (N-methyl/N-ethyl adjacent to an activating group) is 1. The van der Waals surface area contributed by atoms with E-state index in [9.17, 15) is 0 Å². The van der Waals surface area contributed by atoms with Crippen molar-refractivity contribution in [3.63, 3.8) is 0 Å². The minimum Gasteiger partial charge on any atom is -0.454 e.